The molecule has 4 aromatic rings. The Labute approximate surface area is 178 Å². The first kappa shape index (κ1) is 20.2. The summed E-state index contributed by atoms with van der Waals surface area (Å²) in [6, 6.07) is 16.4. The van der Waals surface area contributed by atoms with Crippen LogP contribution in [-0.2, 0) is 12.8 Å². The average Bonchev–Trinajstić information content (AvgIpc) is 2.80. The fraction of sp³-hybridized carbons (Fsp3) is 0.120. The Bertz CT molecular complexity index is 1300. The van der Waals surface area contributed by atoms with Crippen LogP contribution in [0.4, 0.5) is 0 Å². The molecule has 2 N–H and O–H groups in total. The molecule has 0 amide bonds. The second kappa shape index (κ2) is 8.36. The first-order valence-corrected chi connectivity index (χ1v) is 9.66. The van der Waals surface area contributed by atoms with Crippen molar-refractivity contribution in [1.82, 2.24) is 0 Å². The number of rotatable bonds is 6. The predicted octanol–water partition coefficient (Wildman–Crippen LogP) is 4.21. The van der Waals surface area contributed by atoms with Crippen LogP contribution < -0.4 is 10.2 Å². The molecule has 0 spiro atoms. The standard InChI is InChI=1S/C25H20O6/c1-30-18-9-7-16(8-10-18)11-17-14-31-25-20(13-26)23(28)19(24(29)21(25)22(17)27)12-15-5-3-2-4-6-15/h2-10,13-14,28-29H,11-12H2,1H3. The van der Waals surface area contributed by atoms with Crippen LogP contribution in [-0.4, -0.2) is 23.6 Å². The smallest absolute Gasteiger partial charge is 0.199 e. The minimum absolute atomic E-state index is 0.106. The van der Waals surface area contributed by atoms with Crippen molar-refractivity contribution >= 4 is 17.3 Å². The molecular formula is C25H20O6. The quantitative estimate of drug-likeness (QED) is 0.457. The molecule has 0 radical (unpaired) electrons. The van der Waals surface area contributed by atoms with E-state index in [1.165, 1.54) is 6.26 Å². The van der Waals surface area contributed by atoms with E-state index in [0.29, 0.717) is 17.6 Å². The minimum atomic E-state index is -0.452. The number of ether oxygens (including phenoxy) is 1. The maximum atomic E-state index is 13.2. The van der Waals surface area contributed by atoms with E-state index in [9.17, 15) is 19.8 Å². The van der Waals surface area contributed by atoms with Gasteiger partial charge in [-0.15, -0.1) is 0 Å². The highest BCUT2D eigenvalue weighted by Gasteiger charge is 2.23. The van der Waals surface area contributed by atoms with Crippen molar-refractivity contribution in [3.05, 3.63) is 98.9 Å². The summed E-state index contributed by atoms with van der Waals surface area (Å²) in [6.07, 6.45) is 2.11. The van der Waals surface area contributed by atoms with Crippen molar-refractivity contribution < 1.29 is 24.2 Å². The van der Waals surface area contributed by atoms with Gasteiger partial charge in [0.1, 0.15) is 28.2 Å². The van der Waals surface area contributed by atoms with Gasteiger partial charge >= 0.3 is 0 Å². The average molecular weight is 416 g/mol. The topological polar surface area (TPSA) is 97.0 Å². The maximum Gasteiger partial charge on any atom is 0.199 e. The van der Waals surface area contributed by atoms with Crippen molar-refractivity contribution in [3.8, 4) is 17.2 Å². The molecule has 0 aliphatic carbocycles. The molecule has 0 aliphatic heterocycles. The number of phenolic OH excluding ortho intramolecular Hbond substituents is 2. The van der Waals surface area contributed by atoms with E-state index in [1.54, 1.807) is 19.2 Å². The van der Waals surface area contributed by atoms with Gasteiger partial charge in [-0.05, 0) is 23.3 Å². The molecule has 3 aromatic carbocycles. The SMILES string of the molecule is COc1ccc(Cc2coc3c(C=O)c(O)c(Cc4ccccc4)c(O)c3c2=O)cc1. The fourth-order valence-electron chi connectivity index (χ4n) is 3.61. The Balaban J connectivity index is 1.86. The zero-order valence-electron chi connectivity index (χ0n) is 16.8. The van der Waals surface area contributed by atoms with Gasteiger partial charge in [0.2, 0.25) is 0 Å². The second-order valence-corrected chi connectivity index (χ2v) is 7.19. The van der Waals surface area contributed by atoms with Crippen molar-refractivity contribution in [3.63, 3.8) is 0 Å². The number of phenols is 2. The molecular weight excluding hydrogens is 396 g/mol. The maximum absolute atomic E-state index is 13.2. The van der Waals surface area contributed by atoms with E-state index in [1.807, 2.05) is 42.5 Å². The Hall–Kier alpha value is -4.06. The molecule has 0 atom stereocenters. The molecule has 4 rings (SSSR count). The zero-order chi connectivity index (χ0) is 22.0. The number of carbonyl (C=O) groups is 1. The van der Waals surface area contributed by atoms with E-state index >= 15 is 0 Å². The van der Waals surface area contributed by atoms with Gasteiger partial charge in [-0.1, -0.05) is 42.5 Å². The van der Waals surface area contributed by atoms with Gasteiger partial charge in [-0.3, -0.25) is 9.59 Å². The molecule has 31 heavy (non-hydrogen) atoms. The third kappa shape index (κ3) is 3.75. The first-order chi connectivity index (χ1) is 15.0. The normalized spacial score (nSPS) is 10.9. The highest BCUT2D eigenvalue weighted by molar-refractivity contribution is 6.01. The summed E-state index contributed by atoms with van der Waals surface area (Å²) in [5.74, 6) is -0.0780. The number of fused-ring (bicyclic) bond motifs is 1. The predicted molar refractivity (Wildman–Crippen MR) is 116 cm³/mol. The van der Waals surface area contributed by atoms with Crippen LogP contribution >= 0.6 is 0 Å². The van der Waals surface area contributed by atoms with E-state index in [-0.39, 0.29) is 40.7 Å². The van der Waals surface area contributed by atoms with Crippen LogP contribution in [0.3, 0.4) is 0 Å². The highest BCUT2D eigenvalue weighted by atomic mass is 16.5. The van der Waals surface area contributed by atoms with Gasteiger partial charge in [-0.2, -0.15) is 0 Å². The van der Waals surface area contributed by atoms with Gasteiger partial charge in [0.15, 0.2) is 17.3 Å². The van der Waals surface area contributed by atoms with Crippen LogP contribution in [0.1, 0.15) is 32.6 Å². The van der Waals surface area contributed by atoms with Gasteiger partial charge in [-0.25, -0.2) is 0 Å². The number of carbonyl (C=O) groups excluding carboxylic acids is 1. The summed E-state index contributed by atoms with van der Waals surface area (Å²) in [7, 11) is 1.57. The zero-order valence-corrected chi connectivity index (χ0v) is 16.8. The Morgan fingerprint density at radius 2 is 1.61 bits per heavy atom. The van der Waals surface area contributed by atoms with Crippen molar-refractivity contribution in [1.29, 1.82) is 0 Å². The molecule has 0 saturated heterocycles. The molecule has 1 heterocycles. The lowest BCUT2D eigenvalue weighted by molar-refractivity contribution is 0.112. The number of aromatic hydroxyl groups is 2. The van der Waals surface area contributed by atoms with Crippen molar-refractivity contribution in [2.45, 2.75) is 12.8 Å². The fourth-order valence-corrected chi connectivity index (χ4v) is 3.61. The van der Waals surface area contributed by atoms with Crippen LogP contribution in [0.15, 0.2) is 70.1 Å². The molecule has 0 fully saturated rings. The van der Waals surface area contributed by atoms with Gasteiger partial charge in [0.05, 0.1) is 13.4 Å². The van der Waals surface area contributed by atoms with E-state index in [2.05, 4.69) is 0 Å². The number of aldehydes is 1. The summed E-state index contributed by atoms with van der Waals surface area (Å²) in [5.41, 5.74) is 1.34. The molecule has 6 nitrogen and oxygen atoms in total. The third-order valence-corrected chi connectivity index (χ3v) is 5.27. The number of methoxy groups -OCH3 is 1. The van der Waals surface area contributed by atoms with Crippen LogP contribution in [0.5, 0.6) is 17.2 Å². The third-order valence-electron chi connectivity index (χ3n) is 5.27. The molecule has 156 valence electrons. The lowest BCUT2D eigenvalue weighted by atomic mass is 9.96. The number of hydrogen-bond acceptors (Lipinski definition) is 6. The van der Waals surface area contributed by atoms with Crippen molar-refractivity contribution in [2.75, 3.05) is 7.11 Å². The Morgan fingerprint density at radius 1 is 0.935 bits per heavy atom. The van der Waals surface area contributed by atoms with Crippen LogP contribution in [0.25, 0.3) is 11.0 Å². The van der Waals surface area contributed by atoms with E-state index in [0.717, 1.165) is 11.1 Å². The van der Waals surface area contributed by atoms with Crippen LogP contribution in [0, 0.1) is 0 Å². The summed E-state index contributed by atoms with van der Waals surface area (Å²) in [4.78, 5) is 24.9. The summed E-state index contributed by atoms with van der Waals surface area (Å²) in [6.45, 7) is 0. The summed E-state index contributed by atoms with van der Waals surface area (Å²) in [5, 5.41) is 21.4. The van der Waals surface area contributed by atoms with Gasteiger partial charge in [0, 0.05) is 24.0 Å². The molecule has 0 bridgehead atoms. The summed E-state index contributed by atoms with van der Waals surface area (Å²) < 4.78 is 10.7. The second-order valence-electron chi connectivity index (χ2n) is 7.19. The number of benzene rings is 3. The molecule has 0 saturated carbocycles. The minimum Gasteiger partial charge on any atom is -0.507 e. The molecule has 1 aromatic heterocycles. The largest absolute Gasteiger partial charge is 0.507 e. The lowest BCUT2D eigenvalue weighted by Crippen LogP contribution is -2.11. The highest BCUT2D eigenvalue weighted by Crippen LogP contribution is 2.39. The van der Waals surface area contributed by atoms with E-state index < -0.39 is 11.2 Å². The summed E-state index contributed by atoms with van der Waals surface area (Å²) >= 11 is 0. The molecule has 6 heteroatoms. The molecule has 0 unspecified atom stereocenters. The Morgan fingerprint density at radius 3 is 2.26 bits per heavy atom. The number of hydrogen-bond donors (Lipinski definition) is 2. The Kier molecular flexibility index (Phi) is 5.45. The van der Waals surface area contributed by atoms with E-state index in [4.69, 9.17) is 9.15 Å². The first-order valence-electron chi connectivity index (χ1n) is 9.66. The van der Waals surface area contributed by atoms with Gasteiger partial charge in [0.25, 0.3) is 0 Å². The lowest BCUT2D eigenvalue weighted by Gasteiger charge is -2.13. The monoisotopic (exact) mass is 416 g/mol. The van der Waals surface area contributed by atoms with Gasteiger partial charge < -0.3 is 19.4 Å². The van der Waals surface area contributed by atoms with Crippen molar-refractivity contribution in [2.24, 2.45) is 0 Å². The van der Waals surface area contributed by atoms with Crippen LogP contribution in [0.2, 0.25) is 0 Å². The molecule has 0 aliphatic rings.